The first-order chi connectivity index (χ1) is 8.62. The third-order valence-electron chi connectivity index (χ3n) is 2.43. The summed E-state index contributed by atoms with van der Waals surface area (Å²) in [5.41, 5.74) is 0.174. The van der Waals surface area contributed by atoms with Crippen LogP contribution >= 0.6 is 23.4 Å². The Hall–Kier alpha value is -0.850. The molecule has 1 amide bonds. The van der Waals surface area contributed by atoms with Gasteiger partial charge < -0.3 is 10.4 Å². The lowest BCUT2D eigenvalue weighted by Gasteiger charge is -2.15. The molecule has 1 heterocycles. The molecule has 0 saturated heterocycles. The number of aliphatic hydroxyl groups excluding tert-OH is 1. The molecule has 7 heteroatoms. The lowest BCUT2D eigenvalue weighted by Crippen LogP contribution is -2.35. The number of halogens is 1. The fourth-order valence-corrected chi connectivity index (χ4v) is 1.91. The van der Waals surface area contributed by atoms with Crippen molar-refractivity contribution in [2.24, 2.45) is 0 Å². The highest BCUT2D eigenvalue weighted by Gasteiger charge is 2.17. The van der Waals surface area contributed by atoms with E-state index in [4.69, 9.17) is 16.7 Å². The minimum Gasteiger partial charge on any atom is -0.396 e. The van der Waals surface area contributed by atoms with Crippen molar-refractivity contribution in [2.75, 3.05) is 12.9 Å². The monoisotopic (exact) mass is 289 g/mol. The van der Waals surface area contributed by atoms with Gasteiger partial charge in [-0.05, 0) is 19.1 Å². The minimum absolute atomic E-state index is 0.0341. The molecule has 1 rings (SSSR count). The number of hydrogen-bond donors (Lipinski definition) is 2. The van der Waals surface area contributed by atoms with Gasteiger partial charge in [-0.1, -0.05) is 30.3 Å². The van der Waals surface area contributed by atoms with Crippen LogP contribution in [0.25, 0.3) is 0 Å². The third kappa shape index (κ3) is 4.12. The van der Waals surface area contributed by atoms with E-state index in [9.17, 15) is 4.79 Å². The van der Waals surface area contributed by atoms with E-state index in [1.807, 2.05) is 13.2 Å². The maximum absolute atomic E-state index is 12.0. The van der Waals surface area contributed by atoms with Gasteiger partial charge >= 0.3 is 0 Å². The van der Waals surface area contributed by atoms with Gasteiger partial charge in [-0.2, -0.15) is 0 Å². The molecular formula is C11H16ClN3O2S. The summed E-state index contributed by atoms with van der Waals surface area (Å²) in [7, 11) is 0. The van der Waals surface area contributed by atoms with Crippen LogP contribution in [0.5, 0.6) is 0 Å². The maximum atomic E-state index is 12.0. The summed E-state index contributed by atoms with van der Waals surface area (Å²) in [5.74, 6) is -0.335. The molecule has 0 aromatic carbocycles. The predicted molar refractivity (Wildman–Crippen MR) is 72.1 cm³/mol. The van der Waals surface area contributed by atoms with Crippen molar-refractivity contribution in [1.29, 1.82) is 0 Å². The second-order valence-corrected chi connectivity index (χ2v) is 4.82. The highest BCUT2D eigenvalue weighted by atomic mass is 35.5. The highest BCUT2D eigenvalue weighted by molar-refractivity contribution is 7.98. The molecule has 100 valence electrons. The van der Waals surface area contributed by atoms with Gasteiger partial charge in [-0.15, -0.1) is 0 Å². The van der Waals surface area contributed by atoms with Crippen LogP contribution in [0.3, 0.4) is 0 Å². The zero-order chi connectivity index (χ0) is 13.5. The second kappa shape index (κ2) is 7.56. The molecule has 0 aliphatic heterocycles. The molecular weight excluding hydrogens is 274 g/mol. The third-order valence-corrected chi connectivity index (χ3v) is 3.26. The topological polar surface area (TPSA) is 75.1 Å². The summed E-state index contributed by atoms with van der Waals surface area (Å²) in [6.45, 7) is 1.97. The molecule has 0 spiro atoms. The summed E-state index contributed by atoms with van der Waals surface area (Å²) in [6, 6.07) is -0.0775. The number of thioether (sulfide) groups is 1. The highest BCUT2D eigenvalue weighted by Crippen LogP contribution is 2.16. The van der Waals surface area contributed by atoms with Gasteiger partial charge in [0.2, 0.25) is 0 Å². The minimum atomic E-state index is -0.335. The Kier molecular flexibility index (Phi) is 6.38. The number of carbonyl (C=O) groups excluding carboxylic acids is 1. The van der Waals surface area contributed by atoms with Crippen molar-refractivity contribution in [3.8, 4) is 0 Å². The first-order valence-electron chi connectivity index (χ1n) is 5.60. The number of carbonyl (C=O) groups is 1. The van der Waals surface area contributed by atoms with Crippen molar-refractivity contribution >= 4 is 29.3 Å². The summed E-state index contributed by atoms with van der Waals surface area (Å²) in [6.07, 6.45) is 4.50. The molecule has 1 aromatic rings. The summed E-state index contributed by atoms with van der Waals surface area (Å²) in [5, 5.41) is 12.4. The van der Waals surface area contributed by atoms with Crippen molar-refractivity contribution in [2.45, 2.75) is 31.0 Å². The van der Waals surface area contributed by atoms with E-state index in [0.717, 1.165) is 6.42 Å². The Morgan fingerprint density at radius 2 is 2.39 bits per heavy atom. The summed E-state index contributed by atoms with van der Waals surface area (Å²) in [4.78, 5) is 20.1. The largest absolute Gasteiger partial charge is 0.396 e. The Bertz CT molecular complexity index is 417. The van der Waals surface area contributed by atoms with E-state index in [1.165, 1.54) is 18.0 Å². The SMILES string of the molecule is CCC(CCO)NC(=O)c1nc(SC)ncc1Cl. The molecule has 0 aliphatic rings. The molecule has 0 bridgehead atoms. The van der Waals surface area contributed by atoms with Crippen LogP contribution in [0, 0.1) is 0 Å². The van der Waals surface area contributed by atoms with Crippen LogP contribution in [-0.2, 0) is 0 Å². The quantitative estimate of drug-likeness (QED) is 0.616. The lowest BCUT2D eigenvalue weighted by atomic mass is 10.1. The number of amides is 1. The molecule has 5 nitrogen and oxygen atoms in total. The lowest BCUT2D eigenvalue weighted by molar-refractivity contribution is 0.0923. The number of aliphatic hydroxyl groups is 1. The van der Waals surface area contributed by atoms with E-state index in [-0.39, 0.29) is 29.3 Å². The molecule has 0 radical (unpaired) electrons. The van der Waals surface area contributed by atoms with Crippen LogP contribution in [-0.4, -0.2) is 39.9 Å². The predicted octanol–water partition coefficient (Wildman–Crippen LogP) is 1.74. The van der Waals surface area contributed by atoms with E-state index < -0.39 is 0 Å². The normalized spacial score (nSPS) is 12.2. The standard InChI is InChI=1S/C11H16ClN3O2S/c1-3-7(4-5-16)14-10(17)9-8(12)6-13-11(15-9)18-2/h6-7,16H,3-5H2,1-2H3,(H,14,17). The van der Waals surface area contributed by atoms with Gasteiger partial charge in [0.1, 0.15) is 0 Å². The van der Waals surface area contributed by atoms with Crippen molar-refractivity contribution in [3.05, 3.63) is 16.9 Å². The number of nitrogens with zero attached hydrogens (tertiary/aromatic N) is 2. The zero-order valence-electron chi connectivity index (χ0n) is 10.3. The maximum Gasteiger partial charge on any atom is 0.271 e. The van der Waals surface area contributed by atoms with Crippen LogP contribution in [0.2, 0.25) is 5.02 Å². The van der Waals surface area contributed by atoms with Gasteiger partial charge in [-0.25, -0.2) is 9.97 Å². The molecule has 1 unspecified atom stereocenters. The van der Waals surface area contributed by atoms with Crippen LogP contribution in [0.1, 0.15) is 30.3 Å². The first kappa shape index (κ1) is 15.2. The summed E-state index contributed by atoms with van der Waals surface area (Å²) >= 11 is 7.25. The number of rotatable bonds is 6. The Morgan fingerprint density at radius 1 is 1.67 bits per heavy atom. The Balaban J connectivity index is 2.82. The van der Waals surface area contributed by atoms with Gasteiger partial charge in [0.25, 0.3) is 5.91 Å². The number of hydrogen-bond acceptors (Lipinski definition) is 5. The zero-order valence-corrected chi connectivity index (χ0v) is 11.9. The Morgan fingerprint density at radius 3 is 2.94 bits per heavy atom. The average Bonchev–Trinajstić information content (AvgIpc) is 2.38. The fourth-order valence-electron chi connectivity index (χ4n) is 1.40. The molecule has 0 aliphatic carbocycles. The van der Waals surface area contributed by atoms with Gasteiger partial charge in [0.05, 0.1) is 11.2 Å². The van der Waals surface area contributed by atoms with Crippen LogP contribution < -0.4 is 5.32 Å². The first-order valence-corrected chi connectivity index (χ1v) is 7.20. The number of nitrogens with one attached hydrogen (secondary N) is 1. The van der Waals surface area contributed by atoms with Crippen molar-refractivity contribution < 1.29 is 9.90 Å². The van der Waals surface area contributed by atoms with Gasteiger partial charge in [-0.3, -0.25) is 4.79 Å². The molecule has 18 heavy (non-hydrogen) atoms. The van der Waals surface area contributed by atoms with Crippen molar-refractivity contribution in [3.63, 3.8) is 0 Å². The fraction of sp³-hybridized carbons (Fsp3) is 0.545. The molecule has 2 N–H and O–H groups in total. The smallest absolute Gasteiger partial charge is 0.271 e. The summed E-state index contributed by atoms with van der Waals surface area (Å²) < 4.78 is 0. The average molecular weight is 290 g/mol. The molecule has 0 fully saturated rings. The van der Waals surface area contributed by atoms with Crippen molar-refractivity contribution in [1.82, 2.24) is 15.3 Å². The molecule has 1 atom stereocenters. The van der Waals surface area contributed by atoms with E-state index in [1.54, 1.807) is 0 Å². The van der Waals surface area contributed by atoms with Gasteiger partial charge in [0.15, 0.2) is 10.9 Å². The Labute approximate surface area is 115 Å². The number of aromatic nitrogens is 2. The molecule has 0 saturated carbocycles. The molecule has 1 aromatic heterocycles. The van der Waals surface area contributed by atoms with Gasteiger partial charge in [0, 0.05) is 12.6 Å². The van der Waals surface area contributed by atoms with E-state index >= 15 is 0 Å². The van der Waals surface area contributed by atoms with Crippen LogP contribution in [0.4, 0.5) is 0 Å². The van der Waals surface area contributed by atoms with Crippen LogP contribution in [0.15, 0.2) is 11.4 Å². The van der Waals surface area contributed by atoms with E-state index in [2.05, 4.69) is 15.3 Å². The van der Waals surface area contributed by atoms with E-state index in [0.29, 0.717) is 11.6 Å². The second-order valence-electron chi connectivity index (χ2n) is 3.64.